The Labute approximate surface area is 71.7 Å². The minimum atomic E-state index is -0.603. The summed E-state index contributed by atoms with van der Waals surface area (Å²) in [5.74, 6) is -0.314. The maximum Gasteiger partial charge on any atom is 0.310 e. The van der Waals surface area contributed by atoms with Gasteiger partial charge in [0.15, 0.2) is 0 Å². The molecule has 0 aromatic heterocycles. The van der Waals surface area contributed by atoms with Crippen LogP contribution in [-0.4, -0.2) is 24.3 Å². The largest absolute Gasteiger partial charge is 0.481 e. The Bertz CT molecular complexity index is 190. The van der Waals surface area contributed by atoms with E-state index < -0.39 is 11.4 Å². The minimum Gasteiger partial charge on any atom is -0.481 e. The molecule has 0 unspecified atom stereocenters. The van der Waals surface area contributed by atoms with Gasteiger partial charge in [0, 0.05) is 5.92 Å². The van der Waals surface area contributed by atoms with Gasteiger partial charge in [0.05, 0.1) is 18.6 Å². The highest BCUT2D eigenvalue weighted by Crippen LogP contribution is 2.47. The van der Waals surface area contributed by atoms with Crippen molar-refractivity contribution in [2.75, 3.05) is 13.2 Å². The Morgan fingerprint density at radius 3 is 2.25 bits per heavy atom. The summed E-state index contributed by atoms with van der Waals surface area (Å²) >= 11 is 0. The van der Waals surface area contributed by atoms with Crippen LogP contribution in [0.2, 0.25) is 0 Å². The summed E-state index contributed by atoms with van der Waals surface area (Å²) in [6.45, 7) is 1.32. The number of aliphatic carboxylic acids is 1. The van der Waals surface area contributed by atoms with E-state index in [4.69, 9.17) is 9.84 Å². The number of carboxylic acid groups (broad SMARTS) is 1. The molecule has 0 spiro atoms. The topological polar surface area (TPSA) is 46.5 Å². The van der Waals surface area contributed by atoms with E-state index >= 15 is 0 Å². The Morgan fingerprint density at radius 1 is 1.33 bits per heavy atom. The van der Waals surface area contributed by atoms with Gasteiger partial charge < -0.3 is 9.84 Å². The van der Waals surface area contributed by atoms with Crippen LogP contribution < -0.4 is 0 Å². The number of rotatable bonds is 2. The third kappa shape index (κ3) is 0.959. The molecule has 0 amide bonds. The van der Waals surface area contributed by atoms with E-state index in [-0.39, 0.29) is 5.92 Å². The van der Waals surface area contributed by atoms with Gasteiger partial charge in [-0.1, -0.05) is 12.8 Å². The highest BCUT2D eigenvalue weighted by atomic mass is 16.5. The lowest BCUT2D eigenvalue weighted by Crippen LogP contribution is -2.46. The zero-order valence-corrected chi connectivity index (χ0v) is 7.08. The summed E-state index contributed by atoms with van der Waals surface area (Å²) in [6.07, 6.45) is 3.86. The van der Waals surface area contributed by atoms with Gasteiger partial charge in [-0.15, -0.1) is 0 Å². The molecule has 2 aliphatic rings. The Morgan fingerprint density at radius 2 is 1.92 bits per heavy atom. The highest BCUT2D eigenvalue weighted by molar-refractivity contribution is 5.75. The zero-order chi connectivity index (χ0) is 8.60. The molecule has 12 heavy (non-hydrogen) atoms. The predicted molar refractivity (Wildman–Crippen MR) is 42.8 cm³/mol. The van der Waals surface area contributed by atoms with Gasteiger partial charge in [0.1, 0.15) is 0 Å². The molecular formula is C9H14O3. The second-order valence-electron chi connectivity index (χ2n) is 3.90. The van der Waals surface area contributed by atoms with E-state index in [2.05, 4.69) is 0 Å². The fourth-order valence-electron chi connectivity index (χ4n) is 2.36. The first-order chi connectivity index (χ1) is 5.76. The normalized spacial score (nSPS) is 28.3. The van der Waals surface area contributed by atoms with Crippen LogP contribution in [0, 0.1) is 11.3 Å². The van der Waals surface area contributed by atoms with E-state index in [0.29, 0.717) is 13.2 Å². The lowest BCUT2D eigenvalue weighted by atomic mass is 9.73. The van der Waals surface area contributed by atoms with Crippen LogP contribution in [0.25, 0.3) is 0 Å². The average molecular weight is 170 g/mol. The van der Waals surface area contributed by atoms with Gasteiger partial charge in [-0.05, 0) is 12.8 Å². The minimum absolute atomic E-state index is 0.289. The molecular weight excluding hydrogens is 156 g/mol. The van der Waals surface area contributed by atoms with Crippen LogP contribution in [-0.2, 0) is 9.53 Å². The summed E-state index contributed by atoms with van der Waals surface area (Å²) in [5, 5.41) is 9.14. The van der Waals surface area contributed by atoms with Crippen molar-refractivity contribution < 1.29 is 14.6 Å². The third-order valence-corrected chi connectivity index (χ3v) is 3.34. The van der Waals surface area contributed by atoms with Gasteiger partial charge in [-0.2, -0.15) is 0 Å². The highest BCUT2D eigenvalue weighted by Gasteiger charge is 2.50. The SMILES string of the molecule is O=C(O)C1(C2COC2)CCCC1. The zero-order valence-electron chi connectivity index (χ0n) is 7.08. The second-order valence-corrected chi connectivity index (χ2v) is 3.90. The van der Waals surface area contributed by atoms with Crippen LogP contribution in [0.3, 0.4) is 0 Å². The fraction of sp³-hybridized carbons (Fsp3) is 0.889. The molecule has 0 radical (unpaired) electrons. The first-order valence-electron chi connectivity index (χ1n) is 4.57. The molecule has 1 aliphatic carbocycles. The molecule has 0 aromatic rings. The van der Waals surface area contributed by atoms with Gasteiger partial charge >= 0.3 is 5.97 Å². The second kappa shape index (κ2) is 2.73. The third-order valence-electron chi connectivity index (χ3n) is 3.34. The van der Waals surface area contributed by atoms with Crippen molar-refractivity contribution in [3.63, 3.8) is 0 Å². The van der Waals surface area contributed by atoms with Gasteiger partial charge in [0.25, 0.3) is 0 Å². The number of carboxylic acids is 1. The van der Waals surface area contributed by atoms with Gasteiger partial charge in [-0.25, -0.2) is 0 Å². The lowest BCUT2D eigenvalue weighted by molar-refractivity contribution is -0.167. The molecule has 1 N–H and O–H groups in total. The molecule has 0 atom stereocenters. The van der Waals surface area contributed by atoms with Gasteiger partial charge in [0.2, 0.25) is 0 Å². The van der Waals surface area contributed by atoms with Crippen molar-refractivity contribution >= 4 is 5.97 Å². The maximum atomic E-state index is 11.1. The van der Waals surface area contributed by atoms with E-state index in [0.717, 1.165) is 25.7 Å². The van der Waals surface area contributed by atoms with Crippen LogP contribution in [0.15, 0.2) is 0 Å². The van der Waals surface area contributed by atoms with Crippen LogP contribution >= 0.6 is 0 Å². The molecule has 0 bridgehead atoms. The number of hydrogen-bond donors (Lipinski definition) is 1. The summed E-state index contributed by atoms with van der Waals surface area (Å²) in [6, 6.07) is 0. The van der Waals surface area contributed by atoms with E-state index in [9.17, 15) is 4.79 Å². The van der Waals surface area contributed by atoms with E-state index in [1.165, 1.54) is 0 Å². The summed E-state index contributed by atoms with van der Waals surface area (Å²) in [5.41, 5.74) is -0.418. The lowest BCUT2D eigenvalue weighted by Gasteiger charge is -2.39. The molecule has 1 saturated carbocycles. The molecule has 68 valence electrons. The van der Waals surface area contributed by atoms with E-state index in [1.54, 1.807) is 0 Å². The van der Waals surface area contributed by atoms with Crippen molar-refractivity contribution in [1.82, 2.24) is 0 Å². The smallest absolute Gasteiger partial charge is 0.310 e. The monoisotopic (exact) mass is 170 g/mol. The number of hydrogen-bond acceptors (Lipinski definition) is 2. The van der Waals surface area contributed by atoms with Crippen molar-refractivity contribution in [2.45, 2.75) is 25.7 Å². The van der Waals surface area contributed by atoms with Crippen LogP contribution in [0.5, 0.6) is 0 Å². The molecule has 1 heterocycles. The van der Waals surface area contributed by atoms with E-state index in [1.807, 2.05) is 0 Å². The predicted octanol–water partition coefficient (Wildman–Crippen LogP) is 1.28. The Kier molecular flexibility index (Phi) is 1.83. The Balaban J connectivity index is 2.14. The van der Waals surface area contributed by atoms with Crippen LogP contribution in [0.1, 0.15) is 25.7 Å². The molecule has 2 fully saturated rings. The quantitative estimate of drug-likeness (QED) is 0.679. The summed E-state index contributed by atoms with van der Waals surface area (Å²) in [4.78, 5) is 11.1. The molecule has 3 heteroatoms. The number of carbonyl (C=O) groups is 1. The summed E-state index contributed by atoms with van der Waals surface area (Å²) in [7, 11) is 0. The fourth-order valence-corrected chi connectivity index (χ4v) is 2.36. The van der Waals surface area contributed by atoms with Crippen LogP contribution in [0.4, 0.5) is 0 Å². The summed E-state index contributed by atoms with van der Waals surface area (Å²) < 4.78 is 5.06. The van der Waals surface area contributed by atoms with Crippen molar-refractivity contribution in [1.29, 1.82) is 0 Å². The standard InChI is InChI=1S/C9H14O3/c10-8(11)9(3-1-2-4-9)7-5-12-6-7/h7H,1-6H2,(H,10,11). The van der Waals surface area contributed by atoms with Gasteiger partial charge in [-0.3, -0.25) is 4.79 Å². The maximum absolute atomic E-state index is 11.1. The molecule has 1 aliphatic heterocycles. The molecule has 1 saturated heterocycles. The van der Waals surface area contributed by atoms with Crippen molar-refractivity contribution in [2.24, 2.45) is 11.3 Å². The van der Waals surface area contributed by atoms with Crippen molar-refractivity contribution in [3.05, 3.63) is 0 Å². The molecule has 3 nitrogen and oxygen atoms in total. The first-order valence-corrected chi connectivity index (χ1v) is 4.57. The van der Waals surface area contributed by atoms with Crippen molar-refractivity contribution in [3.8, 4) is 0 Å². The number of ether oxygens (including phenoxy) is 1. The average Bonchev–Trinajstić information content (AvgIpc) is 2.33. The Hall–Kier alpha value is -0.570. The molecule has 0 aromatic carbocycles. The first kappa shape index (κ1) is 8.05. The molecule has 2 rings (SSSR count).